The van der Waals surface area contributed by atoms with Crippen LogP contribution in [0.15, 0.2) is 47.7 Å². The minimum atomic E-state index is -5.15. The third-order valence-corrected chi connectivity index (χ3v) is 6.75. The number of rotatable bonds is 6. The molecule has 41 heavy (non-hydrogen) atoms. The molecular weight excluding hydrogens is 576 g/mol. The molecule has 15 heteroatoms. The second-order valence-corrected chi connectivity index (χ2v) is 9.78. The van der Waals surface area contributed by atoms with Crippen molar-refractivity contribution in [1.29, 1.82) is 0 Å². The van der Waals surface area contributed by atoms with Gasteiger partial charge < -0.3 is 9.47 Å². The molecule has 0 aliphatic rings. The van der Waals surface area contributed by atoms with E-state index in [2.05, 4.69) is 15.2 Å². The maximum absolute atomic E-state index is 14.8. The Morgan fingerprint density at radius 2 is 1.66 bits per heavy atom. The van der Waals surface area contributed by atoms with E-state index >= 15 is 0 Å². The van der Waals surface area contributed by atoms with E-state index in [9.17, 15) is 31.1 Å². The van der Waals surface area contributed by atoms with Crippen LogP contribution >= 0.6 is 11.6 Å². The first-order chi connectivity index (χ1) is 19.2. The number of alkyl halides is 3. The predicted octanol–water partition coefficient (Wildman–Crippen LogP) is 5.36. The normalized spacial score (nSPS) is 12.0. The number of hydrogen-bond donors (Lipinski definition) is 0. The van der Waals surface area contributed by atoms with Crippen LogP contribution in [0.1, 0.15) is 22.6 Å². The molecule has 5 aromatic rings. The van der Waals surface area contributed by atoms with Crippen LogP contribution in [0.5, 0.6) is 0 Å². The lowest BCUT2D eigenvalue weighted by atomic mass is 10.1. The van der Waals surface area contributed by atoms with Gasteiger partial charge in [-0.15, -0.1) is 0 Å². The highest BCUT2D eigenvalue weighted by molar-refractivity contribution is 6.34. The Morgan fingerprint density at radius 1 is 0.951 bits per heavy atom. The number of fused-ring (bicyclic) bond motifs is 1. The minimum Gasteiger partial charge on any atom is -0.329 e. The quantitative estimate of drug-likeness (QED) is 0.195. The fraction of sp³-hybridized carbons (Fsp3) is 0.231. The number of hydrogen-bond acceptors (Lipinski definition) is 5. The van der Waals surface area contributed by atoms with E-state index < -0.39 is 58.8 Å². The zero-order valence-electron chi connectivity index (χ0n) is 21.6. The van der Waals surface area contributed by atoms with Crippen molar-refractivity contribution in [3.63, 3.8) is 0 Å². The summed E-state index contributed by atoms with van der Waals surface area (Å²) in [5.41, 5.74) is -2.99. The summed E-state index contributed by atoms with van der Waals surface area (Å²) in [7, 11) is 4.55. The first-order valence-corrected chi connectivity index (χ1v) is 12.3. The van der Waals surface area contributed by atoms with Gasteiger partial charge in [-0.05, 0) is 18.2 Å². The van der Waals surface area contributed by atoms with Crippen LogP contribution in [-0.4, -0.2) is 36.2 Å². The van der Waals surface area contributed by atoms with Crippen molar-refractivity contribution in [2.24, 2.45) is 14.1 Å². The third-order valence-electron chi connectivity index (χ3n) is 6.45. The topological polar surface area (TPSA) is 73.8 Å². The molecule has 0 saturated carbocycles. The zero-order chi connectivity index (χ0) is 29.8. The molecule has 5 rings (SSSR count). The highest BCUT2D eigenvalue weighted by atomic mass is 35.5. The Balaban J connectivity index is 1.78. The second-order valence-electron chi connectivity index (χ2n) is 9.37. The van der Waals surface area contributed by atoms with Crippen LogP contribution in [0.25, 0.3) is 10.9 Å². The molecule has 0 N–H and O–H groups in total. The Morgan fingerprint density at radius 3 is 2.32 bits per heavy atom. The van der Waals surface area contributed by atoms with Gasteiger partial charge in [-0.3, -0.25) is 14.2 Å². The molecular formula is C26H20ClF6N7O. The Labute approximate surface area is 233 Å². The first-order valence-electron chi connectivity index (χ1n) is 11.9. The molecule has 0 spiro atoms. The van der Waals surface area contributed by atoms with Crippen LogP contribution in [0.4, 0.5) is 37.8 Å². The van der Waals surface area contributed by atoms with Gasteiger partial charge in [0.2, 0.25) is 0 Å². The number of aromatic nitrogens is 6. The van der Waals surface area contributed by atoms with Crippen molar-refractivity contribution < 1.29 is 26.3 Å². The van der Waals surface area contributed by atoms with E-state index in [4.69, 9.17) is 11.6 Å². The fourth-order valence-corrected chi connectivity index (χ4v) is 4.91. The van der Waals surface area contributed by atoms with Gasteiger partial charge in [0.15, 0.2) is 22.9 Å². The molecule has 214 valence electrons. The summed E-state index contributed by atoms with van der Waals surface area (Å²) in [6.45, 7) is -0.909. The van der Waals surface area contributed by atoms with Gasteiger partial charge in [0.1, 0.15) is 23.7 Å². The van der Waals surface area contributed by atoms with Crippen molar-refractivity contribution in [2.45, 2.75) is 19.1 Å². The van der Waals surface area contributed by atoms with Gasteiger partial charge in [-0.2, -0.15) is 23.4 Å². The molecule has 0 aliphatic heterocycles. The number of nitrogens with zero attached hydrogens (tertiary/aromatic N) is 7. The fourth-order valence-electron chi connectivity index (χ4n) is 4.63. The van der Waals surface area contributed by atoms with Crippen LogP contribution in [-0.2, 0) is 33.2 Å². The first kappa shape index (κ1) is 28.2. The molecule has 0 aliphatic carbocycles. The van der Waals surface area contributed by atoms with Crippen molar-refractivity contribution in [3.05, 3.63) is 98.2 Å². The molecule has 0 saturated heterocycles. The summed E-state index contributed by atoms with van der Waals surface area (Å²) in [4.78, 5) is 18.4. The van der Waals surface area contributed by atoms with Crippen LogP contribution in [0, 0.1) is 17.5 Å². The molecule has 0 bridgehead atoms. The molecule has 3 aromatic heterocycles. The second kappa shape index (κ2) is 10.3. The summed E-state index contributed by atoms with van der Waals surface area (Å²) in [5, 5.41) is 8.93. The summed E-state index contributed by atoms with van der Waals surface area (Å²) in [5.74, 6) is -4.62. The largest absolute Gasteiger partial charge is 0.431 e. The average Bonchev–Trinajstić information content (AvgIpc) is 3.45. The molecule has 0 atom stereocenters. The lowest BCUT2D eigenvalue weighted by Crippen LogP contribution is -2.31. The molecule has 2 aromatic carbocycles. The lowest BCUT2D eigenvalue weighted by Gasteiger charge is -2.29. The van der Waals surface area contributed by atoms with Gasteiger partial charge in [-0.25, -0.2) is 18.2 Å². The van der Waals surface area contributed by atoms with Gasteiger partial charge >= 0.3 is 6.18 Å². The highest BCUT2D eigenvalue weighted by Gasteiger charge is 2.40. The molecule has 0 fully saturated rings. The summed E-state index contributed by atoms with van der Waals surface area (Å²) in [6.07, 6.45) is -2.82. The van der Waals surface area contributed by atoms with E-state index in [-0.39, 0.29) is 28.4 Å². The highest BCUT2D eigenvalue weighted by Crippen LogP contribution is 2.39. The van der Waals surface area contributed by atoms with E-state index in [1.165, 1.54) is 40.8 Å². The van der Waals surface area contributed by atoms with Gasteiger partial charge in [0.05, 0.1) is 22.8 Å². The number of halogens is 7. The van der Waals surface area contributed by atoms with Gasteiger partial charge in [-0.1, -0.05) is 11.6 Å². The average molecular weight is 596 g/mol. The number of aryl methyl sites for hydroxylation is 2. The number of pyridine rings is 1. The summed E-state index contributed by atoms with van der Waals surface area (Å²) in [6, 6.07) is 4.73. The molecule has 0 amide bonds. The van der Waals surface area contributed by atoms with Gasteiger partial charge in [0.25, 0.3) is 0 Å². The standard InChI is InChI=1S/C26H20ClF6N7O/c1-37-10-14-5-21(16(27)7-20(14)35-37)39(3)24-9-22(41)15(6-23-34-12-38(2)36-23)25(26(31,32)33)40(24)11-13-4-18(29)19(30)8-17(13)28/h4-5,7-10,12H,6,11H2,1-3H3. The maximum atomic E-state index is 14.8. The van der Waals surface area contributed by atoms with Gasteiger partial charge in [0, 0.05) is 62.4 Å². The molecule has 8 nitrogen and oxygen atoms in total. The third kappa shape index (κ3) is 5.38. The van der Waals surface area contributed by atoms with Crippen molar-refractivity contribution in [2.75, 3.05) is 11.9 Å². The van der Waals surface area contributed by atoms with E-state index in [0.29, 0.717) is 21.5 Å². The lowest BCUT2D eigenvalue weighted by molar-refractivity contribution is -0.144. The Hall–Kier alpha value is -4.33. The maximum Gasteiger partial charge on any atom is 0.431 e. The van der Waals surface area contributed by atoms with Crippen LogP contribution in [0.2, 0.25) is 5.02 Å². The van der Waals surface area contributed by atoms with Crippen molar-refractivity contribution in [3.8, 4) is 0 Å². The Kier molecular flexibility index (Phi) is 7.05. The smallest absolute Gasteiger partial charge is 0.329 e. The zero-order valence-corrected chi connectivity index (χ0v) is 22.4. The molecule has 0 radical (unpaired) electrons. The van der Waals surface area contributed by atoms with E-state index in [1.807, 2.05) is 0 Å². The van der Waals surface area contributed by atoms with Crippen LogP contribution in [0.3, 0.4) is 0 Å². The van der Waals surface area contributed by atoms with Crippen molar-refractivity contribution >= 4 is 34.0 Å². The summed E-state index contributed by atoms with van der Waals surface area (Å²) < 4.78 is 90.2. The molecule has 3 heterocycles. The van der Waals surface area contributed by atoms with E-state index in [1.54, 1.807) is 19.3 Å². The summed E-state index contributed by atoms with van der Waals surface area (Å²) >= 11 is 6.47. The van der Waals surface area contributed by atoms with E-state index in [0.717, 1.165) is 6.07 Å². The number of benzene rings is 2. The molecule has 0 unspecified atom stereocenters. The number of anilines is 2. The SMILES string of the molecule is CN(c1cc2cn(C)nc2cc1Cl)c1cc(=O)c(Cc2ncn(C)n2)c(C(F)(F)F)n1Cc1cc(F)c(F)cc1F. The predicted molar refractivity (Wildman–Crippen MR) is 139 cm³/mol. The Bertz CT molecular complexity index is 1860. The monoisotopic (exact) mass is 595 g/mol. The van der Waals surface area contributed by atoms with Crippen molar-refractivity contribution in [1.82, 2.24) is 29.1 Å². The minimum absolute atomic E-state index is 0.0631. The van der Waals surface area contributed by atoms with Crippen LogP contribution < -0.4 is 10.3 Å².